The van der Waals surface area contributed by atoms with Gasteiger partial charge in [0.05, 0.1) is 18.5 Å². The zero-order valence-electron chi connectivity index (χ0n) is 13.6. The molecule has 1 aromatic heterocycles. The van der Waals surface area contributed by atoms with E-state index in [4.69, 9.17) is 0 Å². The van der Waals surface area contributed by atoms with Crippen LogP contribution in [0.15, 0.2) is 71.3 Å². The van der Waals surface area contributed by atoms with Crippen molar-refractivity contribution in [3.8, 4) is 0 Å². The number of nitrogens with zero attached hydrogens (tertiary/aromatic N) is 2. The molecule has 25 heavy (non-hydrogen) atoms. The van der Waals surface area contributed by atoms with Gasteiger partial charge in [-0.15, -0.1) is 11.8 Å². The van der Waals surface area contributed by atoms with E-state index in [0.717, 1.165) is 15.8 Å². The van der Waals surface area contributed by atoms with E-state index in [1.54, 1.807) is 22.6 Å². The highest BCUT2D eigenvalue weighted by atomic mass is 79.9. The number of aromatic nitrogens is 2. The lowest BCUT2D eigenvalue weighted by atomic mass is 10.2. The Balaban J connectivity index is 1.54. The van der Waals surface area contributed by atoms with Crippen LogP contribution in [-0.2, 0) is 17.1 Å². The number of hydrogen-bond donors (Lipinski definition) is 1. The van der Waals surface area contributed by atoms with Crippen LogP contribution in [0.5, 0.6) is 0 Å². The smallest absolute Gasteiger partial charge is 0.235 e. The number of anilines is 1. The van der Waals surface area contributed by atoms with Crippen LogP contribution in [-0.4, -0.2) is 21.4 Å². The number of amides is 1. The van der Waals surface area contributed by atoms with E-state index in [1.165, 1.54) is 5.56 Å². The summed E-state index contributed by atoms with van der Waals surface area (Å²) >= 11 is 5.14. The van der Waals surface area contributed by atoms with Crippen LogP contribution in [0.25, 0.3) is 0 Å². The van der Waals surface area contributed by atoms with Crippen LogP contribution < -0.4 is 5.32 Å². The Bertz CT molecular complexity index is 835. The molecule has 0 fully saturated rings. The summed E-state index contributed by atoms with van der Waals surface area (Å²) in [6, 6.07) is 20.0. The molecule has 0 atom stereocenters. The van der Waals surface area contributed by atoms with E-state index < -0.39 is 0 Å². The number of carbonyl (C=O) groups excluding carboxylic acids is 1. The Labute approximate surface area is 159 Å². The molecule has 0 radical (unpaired) electrons. The average Bonchev–Trinajstić information content (AvgIpc) is 3.04. The fraction of sp³-hybridized carbons (Fsp3) is 0.158. The molecule has 0 aliphatic heterocycles. The van der Waals surface area contributed by atoms with Crippen molar-refractivity contribution in [3.05, 3.63) is 82.5 Å². The highest BCUT2D eigenvalue weighted by Crippen LogP contribution is 2.19. The number of hydrogen-bond acceptors (Lipinski definition) is 3. The monoisotopic (exact) mass is 415 g/mol. The van der Waals surface area contributed by atoms with Gasteiger partial charge in [-0.2, -0.15) is 5.10 Å². The van der Waals surface area contributed by atoms with Crippen LogP contribution in [0.2, 0.25) is 0 Å². The molecule has 3 aromatic rings. The standard InChI is InChI=1S/C19H18BrN3OS/c20-17-9-5-4-8-16(17)12-23-18(10-11-21-23)22-19(24)14-25-13-15-6-2-1-3-7-15/h1-11H,12-14H2,(H,22,24). The second kappa shape index (κ2) is 8.87. The third-order valence-electron chi connectivity index (χ3n) is 3.61. The Morgan fingerprint density at radius 1 is 1.08 bits per heavy atom. The topological polar surface area (TPSA) is 46.9 Å². The summed E-state index contributed by atoms with van der Waals surface area (Å²) in [5, 5.41) is 7.25. The van der Waals surface area contributed by atoms with Crippen LogP contribution in [0, 0.1) is 0 Å². The van der Waals surface area contributed by atoms with Gasteiger partial charge in [-0.3, -0.25) is 4.79 Å². The van der Waals surface area contributed by atoms with Crippen molar-refractivity contribution < 1.29 is 4.79 Å². The number of carbonyl (C=O) groups is 1. The third-order valence-corrected chi connectivity index (χ3v) is 5.38. The van der Waals surface area contributed by atoms with Crippen molar-refractivity contribution in [2.45, 2.75) is 12.3 Å². The molecule has 0 aliphatic rings. The van der Waals surface area contributed by atoms with E-state index in [1.807, 2.05) is 48.5 Å². The summed E-state index contributed by atoms with van der Waals surface area (Å²) in [6.07, 6.45) is 1.70. The maximum Gasteiger partial charge on any atom is 0.235 e. The zero-order chi connectivity index (χ0) is 17.5. The summed E-state index contributed by atoms with van der Waals surface area (Å²) in [7, 11) is 0. The summed E-state index contributed by atoms with van der Waals surface area (Å²) in [4.78, 5) is 12.2. The van der Waals surface area contributed by atoms with Gasteiger partial charge in [0.1, 0.15) is 5.82 Å². The first-order valence-electron chi connectivity index (χ1n) is 7.89. The summed E-state index contributed by atoms with van der Waals surface area (Å²) in [5.41, 5.74) is 2.33. The molecule has 6 heteroatoms. The third kappa shape index (κ3) is 5.21. The Hall–Kier alpha value is -2.05. The molecule has 0 saturated heterocycles. The maximum atomic E-state index is 12.2. The molecule has 0 saturated carbocycles. The van der Waals surface area contributed by atoms with E-state index >= 15 is 0 Å². The average molecular weight is 416 g/mol. The second-order valence-electron chi connectivity index (χ2n) is 5.49. The predicted molar refractivity (Wildman–Crippen MR) is 107 cm³/mol. The number of benzene rings is 2. The fourth-order valence-corrected chi connectivity index (χ4v) is 3.57. The maximum absolute atomic E-state index is 12.2. The Morgan fingerprint density at radius 3 is 2.64 bits per heavy atom. The van der Waals surface area contributed by atoms with Gasteiger partial charge in [-0.25, -0.2) is 4.68 Å². The van der Waals surface area contributed by atoms with Gasteiger partial charge in [0.25, 0.3) is 0 Å². The largest absolute Gasteiger partial charge is 0.310 e. The second-order valence-corrected chi connectivity index (χ2v) is 7.33. The van der Waals surface area contributed by atoms with E-state index in [2.05, 4.69) is 38.5 Å². The van der Waals surface area contributed by atoms with Gasteiger partial charge in [0, 0.05) is 16.3 Å². The minimum Gasteiger partial charge on any atom is -0.310 e. The van der Waals surface area contributed by atoms with Crippen LogP contribution in [0.3, 0.4) is 0 Å². The molecule has 0 spiro atoms. The molecule has 0 unspecified atom stereocenters. The predicted octanol–water partition coefficient (Wildman–Crippen LogP) is 4.57. The number of thioether (sulfide) groups is 1. The molecule has 1 heterocycles. The van der Waals surface area contributed by atoms with Gasteiger partial charge in [0.15, 0.2) is 0 Å². The molecular formula is C19H18BrN3OS. The number of halogens is 1. The lowest BCUT2D eigenvalue weighted by Crippen LogP contribution is -2.18. The molecule has 0 bridgehead atoms. The lowest BCUT2D eigenvalue weighted by Gasteiger charge is -2.10. The van der Waals surface area contributed by atoms with Gasteiger partial charge in [0.2, 0.25) is 5.91 Å². The van der Waals surface area contributed by atoms with Crippen molar-refractivity contribution in [1.82, 2.24) is 9.78 Å². The van der Waals surface area contributed by atoms with Gasteiger partial charge < -0.3 is 5.32 Å². The van der Waals surface area contributed by atoms with Crippen LogP contribution in [0.1, 0.15) is 11.1 Å². The molecule has 0 aliphatic carbocycles. The lowest BCUT2D eigenvalue weighted by molar-refractivity contribution is -0.113. The summed E-state index contributed by atoms with van der Waals surface area (Å²) < 4.78 is 2.82. The van der Waals surface area contributed by atoms with E-state index in [-0.39, 0.29) is 5.91 Å². The molecular weight excluding hydrogens is 398 g/mol. The van der Waals surface area contributed by atoms with Crippen molar-refractivity contribution in [3.63, 3.8) is 0 Å². The quantitative estimate of drug-likeness (QED) is 0.614. The van der Waals surface area contributed by atoms with Crippen molar-refractivity contribution in [1.29, 1.82) is 0 Å². The highest BCUT2D eigenvalue weighted by Gasteiger charge is 2.09. The van der Waals surface area contributed by atoms with E-state index in [9.17, 15) is 4.79 Å². The molecule has 4 nitrogen and oxygen atoms in total. The van der Waals surface area contributed by atoms with Gasteiger partial charge in [-0.05, 0) is 17.2 Å². The first-order valence-corrected chi connectivity index (χ1v) is 9.84. The van der Waals surface area contributed by atoms with E-state index in [0.29, 0.717) is 18.1 Å². The first kappa shape index (κ1) is 17.8. The Morgan fingerprint density at radius 2 is 1.84 bits per heavy atom. The van der Waals surface area contributed by atoms with Crippen molar-refractivity contribution >= 4 is 39.4 Å². The van der Waals surface area contributed by atoms with Crippen molar-refractivity contribution in [2.75, 3.05) is 11.1 Å². The molecule has 3 rings (SSSR count). The zero-order valence-corrected chi connectivity index (χ0v) is 16.0. The molecule has 1 amide bonds. The summed E-state index contributed by atoms with van der Waals surface area (Å²) in [5.74, 6) is 1.93. The molecule has 128 valence electrons. The SMILES string of the molecule is O=C(CSCc1ccccc1)Nc1ccnn1Cc1ccccc1Br. The summed E-state index contributed by atoms with van der Waals surface area (Å²) in [6.45, 7) is 0.598. The minimum absolute atomic E-state index is 0.0187. The van der Waals surface area contributed by atoms with Crippen LogP contribution >= 0.6 is 27.7 Å². The molecule has 2 aromatic carbocycles. The highest BCUT2D eigenvalue weighted by molar-refractivity contribution is 9.10. The van der Waals surface area contributed by atoms with Gasteiger partial charge >= 0.3 is 0 Å². The van der Waals surface area contributed by atoms with Crippen molar-refractivity contribution in [2.24, 2.45) is 0 Å². The molecule has 1 N–H and O–H groups in total. The van der Waals surface area contributed by atoms with Crippen LogP contribution in [0.4, 0.5) is 5.82 Å². The fourth-order valence-electron chi connectivity index (χ4n) is 2.37. The van der Waals surface area contributed by atoms with Gasteiger partial charge in [-0.1, -0.05) is 64.5 Å². The minimum atomic E-state index is -0.0187. The Kier molecular flexibility index (Phi) is 6.30. The normalized spacial score (nSPS) is 10.6. The number of nitrogens with one attached hydrogen (secondary N) is 1. The first-order chi connectivity index (χ1) is 12.2. The number of rotatable bonds is 7.